The maximum Gasteiger partial charge on any atom is 0.238 e. The monoisotopic (exact) mass is 250 g/mol. The molecular weight excluding hydrogens is 228 g/mol. The van der Waals surface area contributed by atoms with Crippen molar-refractivity contribution in [2.24, 2.45) is 5.73 Å². The third-order valence-electron chi connectivity index (χ3n) is 3.21. The van der Waals surface area contributed by atoms with Gasteiger partial charge in [-0.05, 0) is 45.1 Å². The lowest BCUT2D eigenvalue weighted by molar-refractivity contribution is -0.124. The van der Waals surface area contributed by atoms with Gasteiger partial charge < -0.3 is 16.0 Å². The Kier molecular flexibility index (Phi) is 5.25. The van der Waals surface area contributed by atoms with Gasteiger partial charge in [-0.3, -0.25) is 9.78 Å². The summed E-state index contributed by atoms with van der Waals surface area (Å²) >= 11 is 0. The van der Waals surface area contributed by atoms with Crippen LogP contribution in [0.4, 0.5) is 0 Å². The molecule has 0 saturated heterocycles. The number of rotatable bonds is 7. The zero-order valence-corrected chi connectivity index (χ0v) is 11.3. The van der Waals surface area contributed by atoms with E-state index in [0.29, 0.717) is 6.54 Å². The van der Waals surface area contributed by atoms with E-state index in [-0.39, 0.29) is 5.91 Å². The molecule has 0 spiro atoms. The number of carbonyl (C=O) groups is 1. The molecule has 1 amide bonds. The molecule has 18 heavy (non-hydrogen) atoms. The molecule has 0 aliphatic carbocycles. The molecule has 100 valence electrons. The molecule has 1 aromatic heterocycles. The first-order chi connectivity index (χ1) is 8.48. The first-order valence-electron chi connectivity index (χ1n) is 6.04. The van der Waals surface area contributed by atoms with Crippen LogP contribution in [0.3, 0.4) is 0 Å². The minimum Gasteiger partial charge on any atom is -0.368 e. The van der Waals surface area contributed by atoms with Crippen LogP contribution in [0.2, 0.25) is 0 Å². The van der Waals surface area contributed by atoms with Crippen molar-refractivity contribution in [1.82, 2.24) is 15.2 Å². The second-order valence-corrected chi connectivity index (χ2v) is 4.79. The molecule has 0 fully saturated rings. The molecular formula is C13H22N4O. The number of hydrogen-bond donors (Lipinski definition) is 2. The molecule has 5 heteroatoms. The van der Waals surface area contributed by atoms with Crippen molar-refractivity contribution in [2.75, 3.05) is 27.2 Å². The Bertz CT molecular complexity index is 382. The molecule has 1 atom stereocenters. The highest BCUT2D eigenvalue weighted by molar-refractivity contribution is 5.84. The van der Waals surface area contributed by atoms with Gasteiger partial charge in [0, 0.05) is 25.5 Å². The van der Waals surface area contributed by atoms with E-state index in [0.717, 1.165) is 13.0 Å². The third kappa shape index (κ3) is 4.09. The lowest BCUT2D eigenvalue weighted by Crippen LogP contribution is -2.58. The first kappa shape index (κ1) is 14.6. The van der Waals surface area contributed by atoms with E-state index in [2.05, 4.69) is 15.2 Å². The van der Waals surface area contributed by atoms with Gasteiger partial charge in [0.15, 0.2) is 0 Å². The highest BCUT2D eigenvalue weighted by Crippen LogP contribution is 2.06. The fourth-order valence-corrected chi connectivity index (χ4v) is 1.77. The average Bonchev–Trinajstić information content (AvgIpc) is 2.37. The van der Waals surface area contributed by atoms with Crippen LogP contribution < -0.4 is 11.1 Å². The van der Waals surface area contributed by atoms with Gasteiger partial charge in [0.05, 0.1) is 0 Å². The maximum absolute atomic E-state index is 11.4. The molecule has 0 radical (unpaired) electrons. The van der Waals surface area contributed by atoms with Crippen LogP contribution in [-0.4, -0.2) is 48.5 Å². The number of amides is 1. The molecule has 0 aliphatic heterocycles. The third-order valence-corrected chi connectivity index (χ3v) is 3.21. The minimum atomic E-state index is -0.688. The number of nitrogens with two attached hydrogens (primary N) is 1. The van der Waals surface area contributed by atoms with Gasteiger partial charge in [-0.2, -0.15) is 0 Å². The predicted octanol–water partition coefficient (Wildman–Crippen LogP) is 0.0193. The summed E-state index contributed by atoms with van der Waals surface area (Å²) in [6.45, 7) is 3.27. The van der Waals surface area contributed by atoms with Crippen LogP contribution in [0, 0.1) is 0 Å². The highest BCUT2D eigenvalue weighted by atomic mass is 16.1. The van der Waals surface area contributed by atoms with Crippen LogP contribution >= 0.6 is 0 Å². The van der Waals surface area contributed by atoms with Gasteiger partial charge in [-0.25, -0.2) is 0 Å². The fraction of sp³-hybridized carbons (Fsp3) is 0.538. The second-order valence-electron chi connectivity index (χ2n) is 4.79. The lowest BCUT2D eigenvalue weighted by atomic mass is 10.0. The molecule has 0 aliphatic rings. The number of hydrogen-bond acceptors (Lipinski definition) is 4. The minimum absolute atomic E-state index is 0.333. The molecule has 0 bridgehead atoms. The summed E-state index contributed by atoms with van der Waals surface area (Å²) in [5.41, 5.74) is 5.95. The van der Waals surface area contributed by atoms with Crippen LogP contribution in [0.15, 0.2) is 24.5 Å². The zero-order valence-electron chi connectivity index (χ0n) is 11.3. The second kappa shape index (κ2) is 6.47. The Balaban J connectivity index is 2.47. The summed E-state index contributed by atoms with van der Waals surface area (Å²) < 4.78 is 0. The Morgan fingerprint density at radius 3 is 2.61 bits per heavy atom. The molecule has 1 unspecified atom stereocenters. The molecule has 5 nitrogen and oxygen atoms in total. The zero-order chi connectivity index (χ0) is 13.6. The molecule has 1 rings (SSSR count). The van der Waals surface area contributed by atoms with Crippen molar-refractivity contribution in [3.05, 3.63) is 30.1 Å². The summed E-state index contributed by atoms with van der Waals surface area (Å²) in [7, 11) is 3.74. The summed E-state index contributed by atoms with van der Waals surface area (Å²) in [5, 5.41) is 2.98. The largest absolute Gasteiger partial charge is 0.368 e. The number of primary amides is 1. The van der Waals surface area contributed by atoms with Gasteiger partial charge >= 0.3 is 0 Å². The predicted molar refractivity (Wildman–Crippen MR) is 72.1 cm³/mol. The Hall–Kier alpha value is -1.46. The van der Waals surface area contributed by atoms with Crippen LogP contribution in [0.5, 0.6) is 0 Å². The van der Waals surface area contributed by atoms with E-state index < -0.39 is 5.54 Å². The molecule has 1 aromatic rings. The van der Waals surface area contributed by atoms with E-state index in [4.69, 9.17) is 5.73 Å². The fourth-order valence-electron chi connectivity index (χ4n) is 1.77. The summed E-state index contributed by atoms with van der Waals surface area (Å²) in [6, 6.07) is 4.00. The number of aromatic nitrogens is 1. The van der Waals surface area contributed by atoms with Gasteiger partial charge in [0.25, 0.3) is 0 Å². The van der Waals surface area contributed by atoms with E-state index in [1.54, 1.807) is 19.4 Å². The smallest absolute Gasteiger partial charge is 0.238 e. The van der Waals surface area contributed by atoms with Gasteiger partial charge in [-0.15, -0.1) is 0 Å². The SMILES string of the molecule is CNC(C)(CN(C)CCc1ccncc1)C(N)=O. The standard InChI is InChI=1S/C13H22N4O/c1-13(15-2,12(14)18)10-17(3)9-6-11-4-7-16-8-5-11/h4-5,7-8,15H,6,9-10H2,1-3H3,(H2,14,18). The van der Waals surface area contributed by atoms with Crippen molar-refractivity contribution >= 4 is 5.91 Å². The molecule has 1 heterocycles. The number of carbonyl (C=O) groups excluding carboxylic acids is 1. The number of nitrogens with one attached hydrogen (secondary N) is 1. The topological polar surface area (TPSA) is 71.2 Å². The number of pyridine rings is 1. The van der Waals surface area contributed by atoms with Crippen molar-refractivity contribution in [3.8, 4) is 0 Å². The van der Waals surface area contributed by atoms with Crippen LogP contribution in [0.25, 0.3) is 0 Å². The average molecular weight is 250 g/mol. The number of nitrogens with zero attached hydrogens (tertiary/aromatic N) is 2. The summed E-state index contributed by atoms with van der Waals surface area (Å²) in [6.07, 6.45) is 4.50. The van der Waals surface area contributed by atoms with Crippen molar-refractivity contribution in [1.29, 1.82) is 0 Å². The van der Waals surface area contributed by atoms with Crippen molar-refractivity contribution < 1.29 is 4.79 Å². The molecule has 0 saturated carbocycles. The highest BCUT2D eigenvalue weighted by Gasteiger charge is 2.30. The van der Waals surface area contributed by atoms with E-state index >= 15 is 0 Å². The van der Waals surface area contributed by atoms with E-state index in [1.165, 1.54) is 5.56 Å². The summed E-state index contributed by atoms with van der Waals surface area (Å²) in [4.78, 5) is 17.5. The first-order valence-corrected chi connectivity index (χ1v) is 6.04. The van der Waals surface area contributed by atoms with E-state index in [9.17, 15) is 4.79 Å². The normalized spacial score (nSPS) is 14.4. The number of likely N-dealkylation sites (N-methyl/N-ethyl adjacent to an activating group) is 2. The van der Waals surface area contributed by atoms with Crippen molar-refractivity contribution in [2.45, 2.75) is 18.9 Å². The Morgan fingerprint density at radius 2 is 2.11 bits per heavy atom. The lowest BCUT2D eigenvalue weighted by Gasteiger charge is -2.30. The van der Waals surface area contributed by atoms with Crippen molar-refractivity contribution in [3.63, 3.8) is 0 Å². The van der Waals surface area contributed by atoms with Gasteiger partial charge in [-0.1, -0.05) is 0 Å². The van der Waals surface area contributed by atoms with Gasteiger partial charge in [0.1, 0.15) is 5.54 Å². The quantitative estimate of drug-likeness (QED) is 0.715. The molecule has 0 aromatic carbocycles. The van der Waals surface area contributed by atoms with E-state index in [1.807, 2.05) is 26.1 Å². The Morgan fingerprint density at radius 1 is 1.50 bits per heavy atom. The van der Waals surface area contributed by atoms with Crippen LogP contribution in [0.1, 0.15) is 12.5 Å². The van der Waals surface area contributed by atoms with Crippen LogP contribution in [-0.2, 0) is 11.2 Å². The molecule has 3 N–H and O–H groups in total. The van der Waals surface area contributed by atoms with Gasteiger partial charge in [0.2, 0.25) is 5.91 Å². The maximum atomic E-state index is 11.4. The Labute approximate surface area is 108 Å². The summed E-state index contributed by atoms with van der Waals surface area (Å²) in [5.74, 6) is -0.333.